The van der Waals surface area contributed by atoms with Crippen molar-refractivity contribution in [1.82, 2.24) is 9.21 Å². The summed E-state index contributed by atoms with van der Waals surface area (Å²) in [6, 6.07) is 0. The van der Waals surface area contributed by atoms with E-state index < -0.39 is 32.7 Å². The molecule has 7 nitrogen and oxygen atoms in total. The molecule has 0 spiro atoms. The highest BCUT2D eigenvalue weighted by Gasteiger charge is 2.52. The standard InChI is InChI=1S/C13H22N2O5S/c1-13(2)12(18)14(3)7-8-15(13)21(19,20)10-6-4-5-9(10)11(16)17/h9-10H,4-8H2,1-3H3,(H,16,17). The Bertz CT molecular complexity index is 557. The Morgan fingerprint density at radius 1 is 1.29 bits per heavy atom. The average Bonchev–Trinajstić information content (AvgIpc) is 2.85. The van der Waals surface area contributed by atoms with Crippen LogP contribution in [0.5, 0.6) is 0 Å². The van der Waals surface area contributed by atoms with Gasteiger partial charge in [0.25, 0.3) is 0 Å². The molecular weight excluding hydrogens is 296 g/mol. The Morgan fingerprint density at radius 2 is 1.90 bits per heavy atom. The van der Waals surface area contributed by atoms with Gasteiger partial charge in [-0.3, -0.25) is 9.59 Å². The summed E-state index contributed by atoms with van der Waals surface area (Å²) in [7, 11) is -2.17. The van der Waals surface area contributed by atoms with Crippen LogP contribution >= 0.6 is 0 Å². The topological polar surface area (TPSA) is 95.0 Å². The smallest absolute Gasteiger partial charge is 0.307 e. The number of nitrogens with zero attached hydrogens (tertiary/aromatic N) is 2. The maximum Gasteiger partial charge on any atom is 0.307 e. The molecule has 0 bridgehead atoms. The van der Waals surface area contributed by atoms with Crippen LogP contribution in [-0.2, 0) is 19.6 Å². The molecule has 8 heteroatoms. The number of likely N-dealkylation sites (N-methyl/N-ethyl adjacent to an activating group) is 1. The van der Waals surface area contributed by atoms with E-state index in [2.05, 4.69) is 0 Å². The molecule has 120 valence electrons. The van der Waals surface area contributed by atoms with Crippen LogP contribution < -0.4 is 0 Å². The summed E-state index contributed by atoms with van der Waals surface area (Å²) in [5, 5.41) is 8.29. The van der Waals surface area contributed by atoms with Gasteiger partial charge in [-0.15, -0.1) is 0 Å². The number of sulfonamides is 1. The summed E-state index contributed by atoms with van der Waals surface area (Å²) in [6.45, 7) is 3.69. The van der Waals surface area contributed by atoms with Gasteiger partial charge in [0.15, 0.2) is 0 Å². The van der Waals surface area contributed by atoms with Crippen LogP contribution in [0.15, 0.2) is 0 Å². The van der Waals surface area contributed by atoms with E-state index in [-0.39, 0.29) is 12.5 Å². The number of carboxylic acids is 1. The van der Waals surface area contributed by atoms with Gasteiger partial charge in [0.1, 0.15) is 5.54 Å². The highest BCUT2D eigenvalue weighted by molar-refractivity contribution is 7.89. The van der Waals surface area contributed by atoms with E-state index in [4.69, 9.17) is 0 Å². The number of amides is 1. The van der Waals surface area contributed by atoms with Crippen LogP contribution in [0.25, 0.3) is 0 Å². The Labute approximate surface area is 125 Å². The zero-order valence-corrected chi connectivity index (χ0v) is 13.4. The summed E-state index contributed by atoms with van der Waals surface area (Å²) < 4.78 is 26.9. The third-order valence-electron chi connectivity index (χ3n) is 4.59. The highest BCUT2D eigenvalue weighted by Crippen LogP contribution is 2.36. The molecule has 1 aliphatic carbocycles. The lowest BCUT2D eigenvalue weighted by molar-refractivity contribution is -0.142. The number of piperazine rings is 1. The molecule has 21 heavy (non-hydrogen) atoms. The monoisotopic (exact) mass is 318 g/mol. The van der Waals surface area contributed by atoms with Crippen LogP contribution in [0, 0.1) is 5.92 Å². The third kappa shape index (κ3) is 2.55. The largest absolute Gasteiger partial charge is 0.481 e. The number of hydrogen-bond donors (Lipinski definition) is 1. The number of carboxylic acid groups (broad SMARTS) is 1. The molecule has 1 saturated carbocycles. The first-order valence-corrected chi connectivity index (χ1v) is 8.60. The molecule has 0 aromatic heterocycles. The molecule has 1 N–H and O–H groups in total. The second-order valence-electron chi connectivity index (χ2n) is 6.32. The van der Waals surface area contributed by atoms with Gasteiger partial charge in [-0.1, -0.05) is 6.42 Å². The molecular formula is C13H22N2O5S. The molecule has 0 aromatic rings. The van der Waals surface area contributed by atoms with Crippen LogP contribution in [0.1, 0.15) is 33.1 Å². The third-order valence-corrected chi connectivity index (χ3v) is 7.17. The van der Waals surface area contributed by atoms with Gasteiger partial charge in [0.05, 0.1) is 11.2 Å². The van der Waals surface area contributed by atoms with E-state index in [9.17, 15) is 23.1 Å². The Hall–Kier alpha value is -1.15. The molecule has 1 aliphatic heterocycles. The number of hydrogen-bond acceptors (Lipinski definition) is 4. The molecule has 2 fully saturated rings. The summed E-state index contributed by atoms with van der Waals surface area (Å²) in [5.74, 6) is -2.21. The number of carbonyl (C=O) groups excluding carboxylic acids is 1. The molecule has 2 aliphatic rings. The zero-order valence-electron chi connectivity index (χ0n) is 12.6. The summed E-state index contributed by atoms with van der Waals surface area (Å²) in [6.07, 6.45) is 1.31. The minimum absolute atomic E-state index is 0.209. The summed E-state index contributed by atoms with van der Waals surface area (Å²) >= 11 is 0. The van der Waals surface area contributed by atoms with Crippen molar-refractivity contribution in [3.63, 3.8) is 0 Å². The van der Waals surface area contributed by atoms with Gasteiger partial charge in [0, 0.05) is 20.1 Å². The number of rotatable bonds is 3. The van der Waals surface area contributed by atoms with E-state index in [1.165, 1.54) is 9.21 Å². The minimum Gasteiger partial charge on any atom is -0.481 e. The van der Waals surface area contributed by atoms with Gasteiger partial charge in [-0.25, -0.2) is 8.42 Å². The van der Waals surface area contributed by atoms with Crippen molar-refractivity contribution in [2.75, 3.05) is 20.1 Å². The van der Waals surface area contributed by atoms with Crippen LogP contribution in [0.3, 0.4) is 0 Å². The maximum absolute atomic E-state index is 12.9. The minimum atomic E-state index is -3.81. The van der Waals surface area contributed by atoms with Gasteiger partial charge >= 0.3 is 5.97 Å². The van der Waals surface area contributed by atoms with Gasteiger partial charge in [-0.05, 0) is 26.7 Å². The fraction of sp³-hybridized carbons (Fsp3) is 0.846. The van der Waals surface area contributed by atoms with E-state index in [1.54, 1.807) is 20.9 Å². The van der Waals surface area contributed by atoms with Crippen molar-refractivity contribution >= 4 is 21.9 Å². The fourth-order valence-electron chi connectivity index (χ4n) is 3.37. The lowest BCUT2D eigenvalue weighted by Gasteiger charge is -2.44. The molecule has 1 heterocycles. The van der Waals surface area contributed by atoms with E-state index in [0.29, 0.717) is 25.8 Å². The summed E-state index contributed by atoms with van der Waals surface area (Å²) in [4.78, 5) is 25.0. The Morgan fingerprint density at radius 3 is 2.48 bits per heavy atom. The van der Waals surface area contributed by atoms with Crippen LogP contribution in [0.4, 0.5) is 0 Å². The predicted octanol–water partition coefficient (Wildman–Crippen LogP) is 0.122. The van der Waals surface area contributed by atoms with Gasteiger partial charge in [0.2, 0.25) is 15.9 Å². The first-order valence-electron chi connectivity index (χ1n) is 7.10. The van der Waals surface area contributed by atoms with E-state index in [0.717, 1.165) is 0 Å². The zero-order chi connectivity index (χ0) is 16.0. The van der Waals surface area contributed by atoms with Gasteiger partial charge < -0.3 is 10.0 Å². The molecule has 1 amide bonds. The van der Waals surface area contributed by atoms with Crippen LogP contribution in [0.2, 0.25) is 0 Å². The van der Waals surface area contributed by atoms with Crippen molar-refractivity contribution in [1.29, 1.82) is 0 Å². The highest BCUT2D eigenvalue weighted by atomic mass is 32.2. The Kier molecular flexibility index (Phi) is 4.05. The number of carbonyl (C=O) groups is 2. The molecule has 0 radical (unpaired) electrons. The lowest BCUT2D eigenvalue weighted by atomic mass is 10.0. The first kappa shape index (κ1) is 16.2. The normalized spacial score (nSPS) is 30.6. The van der Waals surface area contributed by atoms with E-state index in [1.807, 2.05) is 0 Å². The van der Waals surface area contributed by atoms with Crippen molar-refractivity contribution in [3.05, 3.63) is 0 Å². The quantitative estimate of drug-likeness (QED) is 0.797. The van der Waals surface area contributed by atoms with Gasteiger partial charge in [-0.2, -0.15) is 4.31 Å². The Balaban J connectivity index is 2.35. The second kappa shape index (κ2) is 5.24. The fourth-order valence-corrected chi connectivity index (χ4v) is 5.88. The predicted molar refractivity (Wildman–Crippen MR) is 76.1 cm³/mol. The van der Waals surface area contributed by atoms with Crippen molar-refractivity contribution in [3.8, 4) is 0 Å². The number of aliphatic carboxylic acids is 1. The average molecular weight is 318 g/mol. The molecule has 2 atom stereocenters. The maximum atomic E-state index is 12.9. The SMILES string of the molecule is CN1CCN(S(=O)(=O)C2CCCC2C(=O)O)C(C)(C)C1=O. The second-order valence-corrected chi connectivity index (χ2v) is 8.39. The lowest BCUT2D eigenvalue weighted by Crippen LogP contribution is -2.65. The summed E-state index contributed by atoms with van der Waals surface area (Å²) in [5.41, 5.74) is -1.17. The van der Waals surface area contributed by atoms with Crippen LogP contribution in [-0.4, -0.2) is 65.5 Å². The molecule has 2 rings (SSSR count). The van der Waals surface area contributed by atoms with Crippen molar-refractivity contribution < 1.29 is 23.1 Å². The van der Waals surface area contributed by atoms with Crippen molar-refractivity contribution in [2.45, 2.75) is 43.9 Å². The van der Waals surface area contributed by atoms with Crippen molar-refractivity contribution in [2.24, 2.45) is 5.92 Å². The van der Waals surface area contributed by atoms with E-state index >= 15 is 0 Å². The first-order chi connectivity index (χ1) is 9.60. The molecule has 0 aromatic carbocycles. The molecule has 1 saturated heterocycles. The molecule has 2 unspecified atom stereocenters.